The van der Waals surface area contributed by atoms with Crippen molar-refractivity contribution < 1.29 is 4.74 Å². The van der Waals surface area contributed by atoms with E-state index in [2.05, 4.69) is 10.1 Å². The third-order valence-electron chi connectivity index (χ3n) is 1.77. The monoisotopic (exact) mass is 191 g/mol. The summed E-state index contributed by atoms with van der Waals surface area (Å²) in [6.45, 7) is 0. The Balaban J connectivity index is 3.16. The van der Waals surface area contributed by atoms with E-state index >= 15 is 0 Å². The molecule has 0 saturated heterocycles. The molecule has 4 heteroatoms. The molecule has 0 radical (unpaired) electrons. The molecule has 0 amide bonds. The molecule has 0 bridgehead atoms. The first kappa shape index (κ1) is 10.2. The number of rotatable bonds is 3. The Morgan fingerprint density at radius 2 is 2.14 bits per heavy atom. The number of benzene rings is 1. The number of hydrogen-bond acceptors (Lipinski definition) is 4. The van der Waals surface area contributed by atoms with Crippen LogP contribution in [0.25, 0.3) is 0 Å². The molecular weight excluding hydrogens is 178 g/mol. The number of para-hydroxylation sites is 1. The molecule has 0 fully saturated rings. The quantitative estimate of drug-likeness (QED) is 0.441. The summed E-state index contributed by atoms with van der Waals surface area (Å²) >= 11 is 0. The van der Waals surface area contributed by atoms with Crippen molar-refractivity contribution in [1.29, 1.82) is 0 Å². The molecule has 0 aliphatic heterocycles. The van der Waals surface area contributed by atoms with Crippen molar-refractivity contribution in [3.63, 3.8) is 0 Å². The normalized spacial score (nSPS) is 12.0. The molecule has 0 aliphatic carbocycles. The van der Waals surface area contributed by atoms with E-state index < -0.39 is 0 Å². The minimum Gasteiger partial charge on any atom is -0.496 e. The van der Waals surface area contributed by atoms with Gasteiger partial charge in [0.1, 0.15) is 11.5 Å². The Bertz CT molecular complexity index is 358. The zero-order valence-corrected chi connectivity index (χ0v) is 8.27. The van der Waals surface area contributed by atoms with E-state index in [4.69, 9.17) is 10.6 Å². The van der Waals surface area contributed by atoms with Gasteiger partial charge in [0.2, 0.25) is 0 Å². The van der Waals surface area contributed by atoms with E-state index in [-0.39, 0.29) is 0 Å². The van der Waals surface area contributed by atoms with Gasteiger partial charge in [-0.15, -0.1) is 0 Å². The number of ether oxygens (including phenoxy) is 1. The second-order valence-corrected chi connectivity index (χ2v) is 2.60. The topological polar surface area (TPSA) is 60.0 Å². The Morgan fingerprint density at radius 1 is 1.43 bits per heavy atom. The molecule has 1 rings (SSSR count). The van der Waals surface area contributed by atoms with E-state index in [0.717, 1.165) is 11.3 Å². The van der Waals surface area contributed by atoms with Crippen LogP contribution in [0.1, 0.15) is 5.56 Å². The summed E-state index contributed by atoms with van der Waals surface area (Å²) in [5, 5.41) is 3.64. The van der Waals surface area contributed by atoms with Gasteiger partial charge in [0.15, 0.2) is 0 Å². The molecule has 0 unspecified atom stereocenters. The van der Waals surface area contributed by atoms with Crippen molar-refractivity contribution in [2.24, 2.45) is 15.9 Å². The summed E-state index contributed by atoms with van der Waals surface area (Å²) in [4.78, 5) is 3.87. The molecule has 14 heavy (non-hydrogen) atoms. The lowest BCUT2D eigenvalue weighted by Gasteiger charge is -2.06. The summed E-state index contributed by atoms with van der Waals surface area (Å²) in [5.41, 5.74) is 1.44. The van der Waals surface area contributed by atoms with Crippen LogP contribution in [0.4, 0.5) is 0 Å². The van der Waals surface area contributed by atoms with Crippen molar-refractivity contribution in [2.75, 3.05) is 14.2 Å². The molecule has 74 valence electrons. The van der Waals surface area contributed by atoms with Crippen LogP contribution in [0.5, 0.6) is 5.75 Å². The molecule has 4 nitrogen and oxygen atoms in total. The zero-order valence-electron chi connectivity index (χ0n) is 8.27. The first-order valence-corrected chi connectivity index (χ1v) is 4.17. The Kier molecular flexibility index (Phi) is 3.67. The second-order valence-electron chi connectivity index (χ2n) is 2.60. The van der Waals surface area contributed by atoms with Gasteiger partial charge in [0.05, 0.1) is 7.11 Å². The predicted octanol–water partition coefficient (Wildman–Crippen LogP) is 1.06. The van der Waals surface area contributed by atoms with Crippen LogP contribution in [0.2, 0.25) is 0 Å². The first-order chi connectivity index (χ1) is 6.83. The second kappa shape index (κ2) is 5.01. The molecule has 2 N–H and O–H groups in total. The molecule has 0 heterocycles. The van der Waals surface area contributed by atoms with Crippen LogP contribution in [0, 0.1) is 0 Å². The molecule has 0 aromatic heterocycles. The predicted molar refractivity (Wildman–Crippen MR) is 58.1 cm³/mol. The average Bonchev–Trinajstić information content (AvgIpc) is 2.26. The number of aliphatic imine (C=N–C) groups is 1. The van der Waals surface area contributed by atoms with Crippen molar-refractivity contribution in [3.8, 4) is 5.75 Å². The lowest BCUT2D eigenvalue weighted by Crippen LogP contribution is -2.07. The number of nitrogens with zero attached hydrogens (tertiary/aromatic N) is 2. The fourth-order valence-corrected chi connectivity index (χ4v) is 1.15. The fraction of sp³-hybridized carbons (Fsp3) is 0.200. The highest BCUT2D eigenvalue weighted by atomic mass is 16.5. The summed E-state index contributed by atoms with van der Waals surface area (Å²) in [6, 6.07) is 7.52. The third kappa shape index (κ3) is 2.10. The minimum absolute atomic E-state index is 0.602. The van der Waals surface area contributed by atoms with Crippen LogP contribution in [-0.2, 0) is 0 Å². The summed E-state index contributed by atoms with van der Waals surface area (Å²) in [5.74, 6) is 5.99. The van der Waals surface area contributed by atoms with Gasteiger partial charge >= 0.3 is 0 Å². The maximum Gasteiger partial charge on any atom is 0.128 e. The maximum absolute atomic E-state index is 5.26. The maximum atomic E-state index is 5.26. The van der Waals surface area contributed by atoms with Gasteiger partial charge in [-0.1, -0.05) is 12.1 Å². The Morgan fingerprint density at radius 3 is 2.71 bits per heavy atom. The van der Waals surface area contributed by atoms with E-state index in [1.165, 1.54) is 0 Å². The molecule has 0 aliphatic rings. The third-order valence-corrected chi connectivity index (χ3v) is 1.77. The van der Waals surface area contributed by atoms with Gasteiger partial charge in [0.25, 0.3) is 0 Å². The van der Waals surface area contributed by atoms with Crippen molar-refractivity contribution >= 4 is 11.9 Å². The summed E-state index contributed by atoms with van der Waals surface area (Å²) < 4.78 is 5.18. The van der Waals surface area contributed by atoms with Gasteiger partial charge in [-0.2, -0.15) is 5.10 Å². The number of nitrogens with two attached hydrogens (primary N) is 1. The summed E-state index contributed by atoms with van der Waals surface area (Å²) in [7, 11) is 3.27. The number of hydrogen-bond donors (Lipinski definition) is 1. The van der Waals surface area contributed by atoms with Gasteiger partial charge in [0, 0.05) is 18.8 Å². The van der Waals surface area contributed by atoms with E-state index in [1.54, 1.807) is 20.4 Å². The van der Waals surface area contributed by atoms with Crippen molar-refractivity contribution in [3.05, 3.63) is 29.8 Å². The van der Waals surface area contributed by atoms with Crippen LogP contribution >= 0.6 is 0 Å². The fourth-order valence-electron chi connectivity index (χ4n) is 1.15. The zero-order chi connectivity index (χ0) is 10.4. The number of methoxy groups -OCH3 is 1. The lowest BCUT2D eigenvalue weighted by atomic mass is 10.1. The standard InChI is InChI=1S/C10H13N3O/c1-12-7-9(13-11)8-5-3-4-6-10(8)14-2/h3-7H,11H2,1-2H3/b12-7?,13-9+. The van der Waals surface area contributed by atoms with Crippen molar-refractivity contribution in [2.45, 2.75) is 0 Å². The Labute approximate surface area is 83.1 Å². The van der Waals surface area contributed by atoms with Gasteiger partial charge < -0.3 is 10.6 Å². The molecule has 1 aromatic rings. The largest absolute Gasteiger partial charge is 0.496 e. The molecule has 0 saturated carbocycles. The van der Waals surface area contributed by atoms with Gasteiger partial charge in [-0.3, -0.25) is 4.99 Å². The highest BCUT2D eigenvalue weighted by molar-refractivity contribution is 6.38. The molecule has 1 aromatic carbocycles. The smallest absolute Gasteiger partial charge is 0.128 e. The van der Waals surface area contributed by atoms with E-state index in [1.807, 2.05) is 24.3 Å². The van der Waals surface area contributed by atoms with Crippen LogP contribution in [0.15, 0.2) is 34.4 Å². The van der Waals surface area contributed by atoms with Crippen LogP contribution in [0.3, 0.4) is 0 Å². The lowest BCUT2D eigenvalue weighted by molar-refractivity contribution is 0.414. The van der Waals surface area contributed by atoms with Crippen molar-refractivity contribution in [1.82, 2.24) is 0 Å². The number of hydrazone groups is 1. The average molecular weight is 191 g/mol. The molecule has 0 spiro atoms. The Hall–Kier alpha value is -1.84. The first-order valence-electron chi connectivity index (χ1n) is 4.17. The van der Waals surface area contributed by atoms with Gasteiger partial charge in [-0.25, -0.2) is 0 Å². The SMILES string of the molecule is CN=C/C(=N\N)c1ccccc1OC. The summed E-state index contributed by atoms with van der Waals surface area (Å²) in [6.07, 6.45) is 1.60. The minimum atomic E-state index is 0.602. The van der Waals surface area contributed by atoms with Crippen LogP contribution in [-0.4, -0.2) is 26.1 Å². The van der Waals surface area contributed by atoms with Crippen LogP contribution < -0.4 is 10.6 Å². The highest BCUT2D eigenvalue weighted by Crippen LogP contribution is 2.17. The molecule has 0 atom stereocenters. The molecular formula is C10H13N3O. The van der Waals surface area contributed by atoms with Gasteiger partial charge in [-0.05, 0) is 12.1 Å². The van der Waals surface area contributed by atoms with E-state index in [0.29, 0.717) is 5.71 Å². The van der Waals surface area contributed by atoms with E-state index in [9.17, 15) is 0 Å². The highest BCUT2D eigenvalue weighted by Gasteiger charge is 2.06.